The molecule has 5 rings (SSSR count). The standard InChI is InChI=1S/C22H17FN6O3/c23-16-6-2-3-7-17(16)26-22(30)29-12-14(13-29)31-19-8-4-1-5-15(19)21-27-20(28-32-21)18-11-24-9-10-25-18/h1-11,14H,12-13H2,(H,26,30). The van der Waals surface area contributed by atoms with Crippen molar-refractivity contribution in [2.75, 3.05) is 18.4 Å². The lowest BCUT2D eigenvalue weighted by Gasteiger charge is -2.39. The number of benzene rings is 2. The number of urea groups is 1. The van der Waals surface area contributed by atoms with E-state index in [0.29, 0.717) is 35.9 Å². The number of amides is 2. The molecule has 1 saturated heterocycles. The average molecular weight is 432 g/mol. The van der Waals surface area contributed by atoms with Gasteiger partial charge in [-0.3, -0.25) is 4.98 Å². The molecule has 0 unspecified atom stereocenters. The van der Waals surface area contributed by atoms with E-state index in [4.69, 9.17) is 9.26 Å². The maximum Gasteiger partial charge on any atom is 0.322 e. The second kappa shape index (κ2) is 8.42. The first-order chi connectivity index (χ1) is 15.7. The van der Waals surface area contributed by atoms with E-state index in [1.165, 1.54) is 12.1 Å². The molecule has 2 amide bonds. The smallest absolute Gasteiger partial charge is 0.322 e. The maximum atomic E-state index is 13.7. The van der Waals surface area contributed by atoms with E-state index in [1.807, 2.05) is 18.2 Å². The summed E-state index contributed by atoms with van der Waals surface area (Å²) in [5, 5.41) is 6.53. The number of nitrogens with zero attached hydrogens (tertiary/aromatic N) is 5. The molecule has 1 aliphatic heterocycles. The number of rotatable bonds is 5. The molecule has 3 heterocycles. The largest absolute Gasteiger partial charge is 0.486 e. The second-order valence-corrected chi connectivity index (χ2v) is 7.06. The second-order valence-electron chi connectivity index (χ2n) is 7.06. The van der Waals surface area contributed by atoms with Crippen molar-refractivity contribution in [2.24, 2.45) is 0 Å². The maximum absolute atomic E-state index is 13.7. The van der Waals surface area contributed by atoms with Gasteiger partial charge in [0, 0.05) is 12.4 Å². The lowest BCUT2D eigenvalue weighted by atomic mass is 10.1. The Kier molecular flexibility index (Phi) is 5.16. The van der Waals surface area contributed by atoms with Crippen LogP contribution in [0.1, 0.15) is 0 Å². The van der Waals surface area contributed by atoms with Crippen LogP contribution >= 0.6 is 0 Å². The van der Waals surface area contributed by atoms with Gasteiger partial charge in [-0.05, 0) is 24.3 Å². The highest BCUT2D eigenvalue weighted by molar-refractivity contribution is 5.90. The highest BCUT2D eigenvalue weighted by Gasteiger charge is 2.33. The SMILES string of the molecule is O=C(Nc1ccccc1F)N1CC(Oc2ccccc2-c2nc(-c3cnccn3)no2)C1. The van der Waals surface area contributed by atoms with Gasteiger partial charge in [0.2, 0.25) is 5.82 Å². The molecule has 0 bridgehead atoms. The van der Waals surface area contributed by atoms with Crippen molar-refractivity contribution in [1.82, 2.24) is 25.0 Å². The quantitative estimate of drug-likeness (QED) is 0.513. The zero-order chi connectivity index (χ0) is 21.9. The van der Waals surface area contributed by atoms with Crippen LogP contribution in [0.15, 0.2) is 71.6 Å². The lowest BCUT2D eigenvalue weighted by Crippen LogP contribution is -2.57. The monoisotopic (exact) mass is 432 g/mol. The molecule has 160 valence electrons. The predicted octanol–water partition coefficient (Wildman–Crippen LogP) is 3.63. The van der Waals surface area contributed by atoms with E-state index in [9.17, 15) is 9.18 Å². The summed E-state index contributed by atoms with van der Waals surface area (Å²) in [6, 6.07) is 12.9. The Hall–Kier alpha value is -4.34. The molecule has 0 atom stereocenters. The molecule has 2 aromatic heterocycles. The van der Waals surface area contributed by atoms with Gasteiger partial charge in [-0.25, -0.2) is 14.2 Å². The minimum atomic E-state index is -0.483. The zero-order valence-electron chi connectivity index (χ0n) is 16.7. The number of hydrogen-bond acceptors (Lipinski definition) is 7. The summed E-state index contributed by atoms with van der Waals surface area (Å²) in [5.41, 5.74) is 1.27. The topological polar surface area (TPSA) is 106 Å². The van der Waals surface area contributed by atoms with Crippen molar-refractivity contribution in [3.8, 4) is 28.7 Å². The summed E-state index contributed by atoms with van der Waals surface area (Å²) < 4.78 is 25.2. The zero-order valence-corrected chi connectivity index (χ0v) is 16.7. The number of para-hydroxylation sites is 2. The highest BCUT2D eigenvalue weighted by atomic mass is 19.1. The van der Waals surface area contributed by atoms with Crippen molar-refractivity contribution in [1.29, 1.82) is 0 Å². The number of ether oxygens (including phenoxy) is 1. The van der Waals surface area contributed by atoms with Gasteiger partial charge in [-0.2, -0.15) is 4.98 Å². The number of likely N-dealkylation sites (tertiary alicyclic amines) is 1. The fraction of sp³-hybridized carbons (Fsp3) is 0.136. The Labute approximate surface area is 181 Å². The fourth-order valence-corrected chi connectivity index (χ4v) is 3.21. The Morgan fingerprint density at radius 1 is 1.12 bits per heavy atom. The molecule has 0 spiro atoms. The summed E-state index contributed by atoms with van der Waals surface area (Å²) in [5.74, 6) is 0.682. The van der Waals surface area contributed by atoms with E-state index < -0.39 is 5.82 Å². The first kappa shape index (κ1) is 19.6. The van der Waals surface area contributed by atoms with Crippen LogP contribution < -0.4 is 10.1 Å². The molecular formula is C22H17FN6O3. The van der Waals surface area contributed by atoms with Gasteiger partial charge < -0.3 is 19.5 Å². The molecule has 0 saturated carbocycles. The first-order valence-electron chi connectivity index (χ1n) is 9.84. The van der Waals surface area contributed by atoms with Crippen LogP contribution in [0.3, 0.4) is 0 Å². The normalized spacial score (nSPS) is 13.5. The molecule has 32 heavy (non-hydrogen) atoms. The average Bonchev–Trinajstić information content (AvgIpc) is 3.28. The summed E-state index contributed by atoms with van der Waals surface area (Å²) >= 11 is 0. The van der Waals surface area contributed by atoms with Crippen LogP contribution in [-0.2, 0) is 0 Å². The number of anilines is 1. The van der Waals surface area contributed by atoms with Crippen LogP contribution in [0, 0.1) is 5.82 Å². The van der Waals surface area contributed by atoms with Crippen LogP contribution in [0.25, 0.3) is 23.0 Å². The van der Waals surface area contributed by atoms with Gasteiger partial charge in [-0.1, -0.05) is 29.4 Å². The Bertz CT molecular complexity index is 1240. The highest BCUT2D eigenvalue weighted by Crippen LogP contribution is 2.31. The van der Waals surface area contributed by atoms with Crippen LogP contribution in [0.5, 0.6) is 5.75 Å². The molecule has 0 radical (unpaired) electrons. The predicted molar refractivity (Wildman–Crippen MR) is 112 cm³/mol. The van der Waals surface area contributed by atoms with Gasteiger partial charge in [0.25, 0.3) is 5.89 Å². The number of nitrogens with one attached hydrogen (secondary N) is 1. The van der Waals surface area contributed by atoms with Crippen molar-refractivity contribution >= 4 is 11.7 Å². The van der Waals surface area contributed by atoms with Gasteiger partial charge in [0.15, 0.2) is 0 Å². The molecule has 2 aromatic carbocycles. The Morgan fingerprint density at radius 2 is 1.94 bits per heavy atom. The third-order valence-electron chi connectivity index (χ3n) is 4.88. The summed E-state index contributed by atoms with van der Waals surface area (Å²) in [7, 11) is 0. The molecule has 10 heteroatoms. The van der Waals surface area contributed by atoms with Gasteiger partial charge in [0.05, 0.1) is 30.5 Å². The summed E-state index contributed by atoms with van der Waals surface area (Å²) in [6.45, 7) is 0.729. The van der Waals surface area contributed by atoms with Gasteiger partial charge in [-0.15, -0.1) is 0 Å². The van der Waals surface area contributed by atoms with Gasteiger partial charge >= 0.3 is 6.03 Å². The first-order valence-corrected chi connectivity index (χ1v) is 9.84. The molecular weight excluding hydrogens is 415 g/mol. The molecule has 1 fully saturated rings. The number of carbonyl (C=O) groups excluding carboxylic acids is 1. The number of hydrogen-bond donors (Lipinski definition) is 1. The molecule has 9 nitrogen and oxygen atoms in total. The molecule has 0 aliphatic carbocycles. The lowest BCUT2D eigenvalue weighted by molar-refractivity contribution is 0.0495. The van der Waals surface area contributed by atoms with E-state index in [0.717, 1.165) is 0 Å². The van der Waals surface area contributed by atoms with Crippen LogP contribution in [-0.4, -0.2) is 50.2 Å². The third-order valence-corrected chi connectivity index (χ3v) is 4.88. The molecule has 4 aromatic rings. The Balaban J connectivity index is 1.24. The van der Waals surface area contributed by atoms with Crippen LogP contribution in [0.4, 0.5) is 14.9 Å². The molecule has 1 aliphatic rings. The number of halogens is 1. The fourth-order valence-electron chi connectivity index (χ4n) is 3.21. The van der Waals surface area contributed by atoms with Crippen molar-refractivity contribution in [3.63, 3.8) is 0 Å². The summed E-state index contributed by atoms with van der Waals surface area (Å²) in [6.07, 6.45) is 4.44. The minimum absolute atomic E-state index is 0.141. The molecule has 1 N–H and O–H groups in total. The van der Waals surface area contributed by atoms with E-state index in [-0.39, 0.29) is 23.7 Å². The van der Waals surface area contributed by atoms with E-state index in [2.05, 4.69) is 25.4 Å². The van der Waals surface area contributed by atoms with Crippen molar-refractivity contribution in [3.05, 3.63) is 72.9 Å². The Morgan fingerprint density at radius 3 is 2.75 bits per heavy atom. The van der Waals surface area contributed by atoms with E-state index >= 15 is 0 Å². The van der Waals surface area contributed by atoms with E-state index in [1.54, 1.807) is 41.7 Å². The minimum Gasteiger partial charge on any atom is -0.486 e. The summed E-state index contributed by atoms with van der Waals surface area (Å²) in [4.78, 5) is 26.4. The van der Waals surface area contributed by atoms with Crippen molar-refractivity contribution in [2.45, 2.75) is 6.10 Å². The number of aromatic nitrogens is 4. The van der Waals surface area contributed by atoms with Crippen molar-refractivity contribution < 1.29 is 18.4 Å². The third kappa shape index (κ3) is 3.97. The van der Waals surface area contributed by atoms with Crippen LogP contribution in [0.2, 0.25) is 0 Å². The number of carbonyl (C=O) groups is 1. The van der Waals surface area contributed by atoms with Gasteiger partial charge in [0.1, 0.15) is 23.4 Å².